The maximum atomic E-state index is 13.5. The molecule has 9 heteroatoms. The molecule has 1 aliphatic rings. The van der Waals surface area contributed by atoms with Gasteiger partial charge in [0, 0.05) is 20.1 Å². The number of hydrogen-bond acceptors (Lipinski definition) is 4. The Balaban J connectivity index is 1.95. The predicted molar refractivity (Wildman–Crippen MR) is 103 cm³/mol. The van der Waals surface area contributed by atoms with Crippen LogP contribution < -0.4 is 9.73 Å². The van der Waals surface area contributed by atoms with Gasteiger partial charge >= 0.3 is 6.18 Å². The summed E-state index contributed by atoms with van der Waals surface area (Å²) in [4.78, 5) is 0.0424. The minimum absolute atomic E-state index is 0.0424. The summed E-state index contributed by atoms with van der Waals surface area (Å²) in [7, 11) is -2.32. The molecule has 1 aliphatic heterocycles. The maximum absolute atomic E-state index is 13.5. The summed E-state index contributed by atoms with van der Waals surface area (Å²) in [5.74, 6) is 0. The van der Waals surface area contributed by atoms with Crippen LogP contribution in [-0.4, -0.2) is 33.6 Å². The van der Waals surface area contributed by atoms with Crippen molar-refractivity contribution in [1.29, 1.82) is 0 Å². The predicted octanol–water partition coefficient (Wildman–Crippen LogP) is 4.34. The van der Waals surface area contributed by atoms with Gasteiger partial charge < -0.3 is 5.01 Å². The molecule has 1 heterocycles. The first kappa shape index (κ1) is 20.5. The third-order valence-corrected chi connectivity index (χ3v) is 6.11. The summed E-state index contributed by atoms with van der Waals surface area (Å²) in [6, 6.07) is 11.0. The highest BCUT2D eigenvalue weighted by Gasteiger charge is 2.35. The minimum atomic E-state index is -4.55. The van der Waals surface area contributed by atoms with Crippen LogP contribution in [0, 0.1) is 0 Å². The lowest BCUT2D eigenvalue weighted by atomic mass is 10.1. The van der Waals surface area contributed by atoms with Gasteiger partial charge in [0.25, 0.3) is 10.0 Å². The normalized spacial score (nSPS) is 16.0. The molecule has 0 radical (unpaired) electrons. The van der Waals surface area contributed by atoms with Crippen molar-refractivity contribution in [3.05, 3.63) is 54.1 Å². The Morgan fingerprint density at radius 2 is 1.64 bits per heavy atom. The quantitative estimate of drug-likeness (QED) is 0.792. The number of nitrogens with one attached hydrogen (secondary N) is 1. The van der Waals surface area contributed by atoms with Crippen LogP contribution in [0.4, 0.5) is 24.5 Å². The van der Waals surface area contributed by atoms with Gasteiger partial charge in [-0.05, 0) is 43.2 Å². The molecular formula is C19H22F3N3O2S. The number of rotatable bonds is 5. The van der Waals surface area contributed by atoms with E-state index in [1.54, 1.807) is 25.2 Å². The summed E-state index contributed by atoms with van der Waals surface area (Å²) in [5.41, 5.74) is -0.804. The molecule has 0 amide bonds. The number of benzene rings is 2. The topological polar surface area (TPSA) is 52.7 Å². The number of anilines is 2. The number of halogens is 3. The zero-order chi connectivity index (χ0) is 20.4. The van der Waals surface area contributed by atoms with Gasteiger partial charge in [0.15, 0.2) is 0 Å². The molecule has 1 fully saturated rings. The summed E-state index contributed by atoms with van der Waals surface area (Å²) < 4.78 is 68.0. The van der Waals surface area contributed by atoms with Gasteiger partial charge in [0.1, 0.15) is 0 Å². The Labute approximate surface area is 162 Å². The average Bonchev–Trinajstić information content (AvgIpc) is 2.67. The van der Waals surface area contributed by atoms with Crippen molar-refractivity contribution >= 4 is 21.4 Å². The van der Waals surface area contributed by atoms with Gasteiger partial charge in [-0.25, -0.2) is 13.4 Å². The van der Waals surface area contributed by atoms with Crippen molar-refractivity contribution in [2.75, 3.05) is 29.9 Å². The summed E-state index contributed by atoms with van der Waals surface area (Å²) >= 11 is 0. The fourth-order valence-corrected chi connectivity index (χ4v) is 4.32. The average molecular weight is 413 g/mol. The summed E-state index contributed by atoms with van der Waals surface area (Å²) in [5, 5.41) is 3.33. The molecule has 1 N–H and O–H groups in total. The molecule has 0 saturated carbocycles. The highest BCUT2D eigenvalue weighted by Crippen LogP contribution is 2.39. The fourth-order valence-electron chi connectivity index (χ4n) is 3.25. The van der Waals surface area contributed by atoms with E-state index in [9.17, 15) is 21.6 Å². The summed E-state index contributed by atoms with van der Waals surface area (Å²) in [6.45, 7) is 1.32. The van der Waals surface area contributed by atoms with E-state index in [0.29, 0.717) is 13.1 Å². The number of piperidine rings is 1. The van der Waals surface area contributed by atoms with E-state index in [1.165, 1.54) is 23.2 Å². The maximum Gasteiger partial charge on any atom is 0.418 e. The van der Waals surface area contributed by atoms with E-state index in [4.69, 9.17) is 0 Å². The monoisotopic (exact) mass is 413 g/mol. The van der Waals surface area contributed by atoms with E-state index in [2.05, 4.69) is 4.72 Å². The smallest absolute Gasteiger partial charge is 0.308 e. The first-order valence-electron chi connectivity index (χ1n) is 8.96. The molecule has 5 nitrogen and oxygen atoms in total. The third-order valence-electron chi connectivity index (χ3n) is 4.71. The van der Waals surface area contributed by atoms with Crippen molar-refractivity contribution in [3.63, 3.8) is 0 Å². The standard InChI is InChI=1S/C19H22F3N3O2S/c1-24(25-12-6-3-7-13-25)18-14-15(10-11-17(18)19(20,21)22)23-28(26,27)16-8-4-2-5-9-16/h2,4-5,8-11,14,23H,3,6-7,12-13H2,1H3. The van der Waals surface area contributed by atoms with Gasteiger partial charge in [-0.1, -0.05) is 24.6 Å². The number of sulfonamides is 1. The van der Waals surface area contributed by atoms with Crippen molar-refractivity contribution in [2.24, 2.45) is 0 Å². The van der Waals surface area contributed by atoms with E-state index in [1.807, 2.05) is 5.01 Å². The zero-order valence-corrected chi connectivity index (χ0v) is 16.2. The second-order valence-electron chi connectivity index (χ2n) is 6.69. The molecule has 0 unspecified atom stereocenters. The molecule has 2 aromatic carbocycles. The fraction of sp³-hybridized carbons (Fsp3) is 0.368. The Hall–Kier alpha value is -2.26. The molecule has 2 aromatic rings. The molecule has 152 valence electrons. The SMILES string of the molecule is CN(c1cc(NS(=O)(=O)c2ccccc2)ccc1C(F)(F)F)N1CCCCC1. The number of nitrogens with zero attached hydrogens (tertiary/aromatic N) is 2. The second kappa shape index (κ2) is 8.00. The lowest BCUT2D eigenvalue weighted by molar-refractivity contribution is -0.137. The Kier molecular flexibility index (Phi) is 5.85. The lowest BCUT2D eigenvalue weighted by Gasteiger charge is -2.37. The van der Waals surface area contributed by atoms with Crippen LogP contribution in [0.25, 0.3) is 0 Å². The van der Waals surface area contributed by atoms with E-state index in [0.717, 1.165) is 31.4 Å². The van der Waals surface area contributed by atoms with E-state index < -0.39 is 21.8 Å². The first-order chi connectivity index (χ1) is 13.2. The Bertz CT molecular complexity index is 912. The zero-order valence-electron chi connectivity index (χ0n) is 15.4. The van der Waals surface area contributed by atoms with Gasteiger partial charge in [0.2, 0.25) is 0 Å². The van der Waals surface area contributed by atoms with Gasteiger partial charge in [-0.3, -0.25) is 4.72 Å². The van der Waals surface area contributed by atoms with E-state index >= 15 is 0 Å². The molecular weight excluding hydrogens is 391 g/mol. The molecule has 0 spiro atoms. The molecule has 3 rings (SSSR count). The van der Waals surface area contributed by atoms with Crippen LogP contribution in [-0.2, 0) is 16.2 Å². The summed E-state index contributed by atoms with van der Waals surface area (Å²) in [6.07, 6.45) is -1.68. The van der Waals surface area contributed by atoms with Crippen LogP contribution in [0.15, 0.2) is 53.4 Å². The number of alkyl halides is 3. The molecule has 0 aromatic heterocycles. The van der Waals surface area contributed by atoms with Crippen LogP contribution >= 0.6 is 0 Å². The van der Waals surface area contributed by atoms with Crippen LogP contribution in [0.3, 0.4) is 0 Å². The molecule has 0 atom stereocenters. The Morgan fingerprint density at radius 1 is 1.00 bits per heavy atom. The van der Waals surface area contributed by atoms with Gasteiger partial charge in [0.05, 0.1) is 21.8 Å². The van der Waals surface area contributed by atoms with Gasteiger partial charge in [-0.2, -0.15) is 13.2 Å². The highest BCUT2D eigenvalue weighted by molar-refractivity contribution is 7.92. The lowest BCUT2D eigenvalue weighted by Crippen LogP contribution is -2.44. The van der Waals surface area contributed by atoms with Crippen LogP contribution in [0.1, 0.15) is 24.8 Å². The second-order valence-corrected chi connectivity index (χ2v) is 8.37. The van der Waals surface area contributed by atoms with Crippen molar-refractivity contribution in [2.45, 2.75) is 30.3 Å². The van der Waals surface area contributed by atoms with Crippen molar-refractivity contribution in [1.82, 2.24) is 5.01 Å². The van der Waals surface area contributed by atoms with E-state index in [-0.39, 0.29) is 16.3 Å². The number of hydrazine groups is 1. The van der Waals surface area contributed by atoms with Crippen LogP contribution in [0.5, 0.6) is 0 Å². The largest absolute Gasteiger partial charge is 0.418 e. The molecule has 28 heavy (non-hydrogen) atoms. The van der Waals surface area contributed by atoms with Crippen molar-refractivity contribution in [3.8, 4) is 0 Å². The van der Waals surface area contributed by atoms with Gasteiger partial charge in [-0.15, -0.1) is 0 Å². The molecule has 0 aliphatic carbocycles. The highest BCUT2D eigenvalue weighted by atomic mass is 32.2. The molecule has 0 bridgehead atoms. The van der Waals surface area contributed by atoms with Crippen molar-refractivity contribution < 1.29 is 21.6 Å². The minimum Gasteiger partial charge on any atom is -0.308 e. The molecule has 1 saturated heterocycles. The third kappa shape index (κ3) is 4.59. The Morgan fingerprint density at radius 3 is 2.25 bits per heavy atom. The first-order valence-corrected chi connectivity index (χ1v) is 10.4. The number of hydrogen-bond donors (Lipinski definition) is 1. The van der Waals surface area contributed by atoms with Crippen LogP contribution in [0.2, 0.25) is 0 Å².